The zero-order chi connectivity index (χ0) is 21.2. The summed E-state index contributed by atoms with van der Waals surface area (Å²) in [6, 6.07) is 8.05. The average Bonchev–Trinajstić information content (AvgIpc) is 3.16. The van der Waals surface area contributed by atoms with E-state index < -0.39 is 15.4 Å². The second-order valence-electron chi connectivity index (χ2n) is 6.35. The Morgan fingerprint density at radius 1 is 1.14 bits per heavy atom. The molecular formula is C18H19N7O3S. The molecule has 2 heterocycles. The highest BCUT2D eigenvalue weighted by Gasteiger charge is 2.18. The van der Waals surface area contributed by atoms with E-state index in [4.69, 9.17) is 0 Å². The van der Waals surface area contributed by atoms with Gasteiger partial charge in [-0.05, 0) is 53.1 Å². The molecule has 0 amide bonds. The van der Waals surface area contributed by atoms with Gasteiger partial charge in [0.15, 0.2) is 15.7 Å². The van der Waals surface area contributed by atoms with Crippen LogP contribution in [0.15, 0.2) is 34.0 Å². The molecule has 0 saturated heterocycles. The van der Waals surface area contributed by atoms with Gasteiger partial charge < -0.3 is 0 Å². The molecule has 3 rings (SSSR count). The summed E-state index contributed by atoms with van der Waals surface area (Å²) in [7, 11) is -3.32. The van der Waals surface area contributed by atoms with Crippen molar-refractivity contribution in [2.24, 2.45) is 0 Å². The van der Waals surface area contributed by atoms with Crippen molar-refractivity contribution >= 4 is 9.84 Å². The van der Waals surface area contributed by atoms with Crippen LogP contribution >= 0.6 is 0 Å². The molecule has 0 fully saturated rings. The van der Waals surface area contributed by atoms with Crippen LogP contribution < -0.4 is 5.56 Å². The smallest absolute Gasteiger partial charge is 0.266 e. The normalized spacial score (nSPS) is 11.4. The predicted molar refractivity (Wildman–Crippen MR) is 103 cm³/mol. The van der Waals surface area contributed by atoms with Crippen molar-refractivity contribution in [1.82, 2.24) is 30.0 Å². The molecule has 10 nitrogen and oxygen atoms in total. The minimum atomic E-state index is -3.32. The molecule has 0 spiro atoms. The number of tetrazole rings is 1. The van der Waals surface area contributed by atoms with Crippen LogP contribution in [-0.2, 0) is 29.2 Å². The molecule has 0 N–H and O–H groups in total. The predicted octanol–water partition coefficient (Wildman–Crippen LogP) is 0.667. The van der Waals surface area contributed by atoms with Gasteiger partial charge in [-0.1, -0.05) is 13.8 Å². The summed E-state index contributed by atoms with van der Waals surface area (Å²) < 4.78 is 25.8. The van der Waals surface area contributed by atoms with Crippen LogP contribution in [0.4, 0.5) is 0 Å². The maximum absolute atomic E-state index is 12.7. The molecule has 2 aromatic heterocycles. The van der Waals surface area contributed by atoms with Gasteiger partial charge in [0.2, 0.25) is 0 Å². The number of nitriles is 1. The lowest BCUT2D eigenvalue weighted by atomic mass is 10.0. The number of aryl methyl sites for hydroxylation is 1. The van der Waals surface area contributed by atoms with E-state index in [1.54, 1.807) is 12.1 Å². The highest BCUT2D eigenvalue weighted by Crippen LogP contribution is 2.15. The number of aromatic nitrogens is 6. The van der Waals surface area contributed by atoms with E-state index >= 15 is 0 Å². The molecule has 0 saturated carbocycles. The molecule has 0 atom stereocenters. The van der Waals surface area contributed by atoms with Gasteiger partial charge in [0, 0.05) is 6.26 Å². The first-order chi connectivity index (χ1) is 13.8. The Morgan fingerprint density at radius 2 is 1.83 bits per heavy atom. The molecule has 1 aromatic carbocycles. The number of benzene rings is 1. The largest absolute Gasteiger partial charge is 0.285 e. The van der Waals surface area contributed by atoms with Gasteiger partial charge in [0.05, 0.1) is 16.3 Å². The third kappa shape index (κ3) is 3.93. The lowest BCUT2D eigenvalue weighted by Crippen LogP contribution is -2.30. The van der Waals surface area contributed by atoms with Crippen molar-refractivity contribution in [2.75, 3.05) is 6.26 Å². The molecule has 11 heteroatoms. The van der Waals surface area contributed by atoms with E-state index in [2.05, 4.69) is 20.6 Å². The number of nitrogens with zero attached hydrogens (tertiary/aromatic N) is 7. The molecule has 0 aliphatic rings. The van der Waals surface area contributed by atoms with E-state index in [-0.39, 0.29) is 17.0 Å². The highest BCUT2D eigenvalue weighted by molar-refractivity contribution is 7.90. The van der Waals surface area contributed by atoms with Crippen LogP contribution in [0, 0.1) is 11.3 Å². The molecule has 0 aliphatic heterocycles. The zero-order valence-electron chi connectivity index (χ0n) is 16.2. The molecule has 0 radical (unpaired) electrons. The summed E-state index contributed by atoms with van der Waals surface area (Å²) in [5.41, 5.74) is 1.46. The average molecular weight is 413 g/mol. The van der Waals surface area contributed by atoms with E-state index in [9.17, 15) is 18.5 Å². The highest BCUT2D eigenvalue weighted by atomic mass is 32.2. The topological polar surface area (TPSA) is 136 Å². The number of hydrogen-bond donors (Lipinski definition) is 0. The fourth-order valence-electron chi connectivity index (χ4n) is 3.01. The summed E-state index contributed by atoms with van der Waals surface area (Å²) in [6.45, 7) is 3.75. The lowest BCUT2D eigenvalue weighted by Gasteiger charge is -2.12. The summed E-state index contributed by atoms with van der Waals surface area (Å²) in [5.74, 6) is 0.321. The Kier molecular flexibility index (Phi) is 5.56. The van der Waals surface area contributed by atoms with Crippen molar-refractivity contribution in [3.05, 3.63) is 57.3 Å². The van der Waals surface area contributed by atoms with Crippen molar-refractivity contribution < 1.29 is 8.42 Å². The van der Waals surface area contributed by atoms with E-state index in [0.717, 1.165) is 6.26 Å². The standard InChI is InChI=1S/C18H19N7O3S/c1-4-14-15(10-19)18(26)24(21-16(14)5-2)11-17-20-22-23-25(17)12-6-8-13(9-7-12)29(3,27)28/h6-9H,4-5,11H2,1-3H3. The molecule has 0 bridgehead atoms. The van der Waals surface area contributed by atoms with E-state index in [0.29, 0.717) is 35.6 Å². The van der Waals surface area contributed by atoms with Crippen LogP contribution in [-0.4, -0.2) is 44.7 Å². The van der Waals surface area contributed by atoms with Crippen molar-refractivity contribution in [1.29, 1.82) is 5.26 Å². The van der Waals surface area contributed by atoms with E-state index in [1.807, 2.05) is 19.9 Å². The van der Waals surface area contributed by atoms with Gasteiger partial charge >= 0.3 is 0 Å². The first kappa shape index (κ1) is 20.3. The minimum Gasteiger partial charge on any atom is -0.266 e. The molecular weight excluding hydrogens is 394 g/mol. The SMILES string of the molecule is CCc1nn(Cc2nnnn2-c2ccc(S(C)(=O)=O)cc2)c(=O)c(C#N)c1CC. The number of rotatable bonds is 6. The summed E-state index contributed by atoms with van der Waals surface area (Å²) >= 11 is 0. The van der Waals surface area contributed by atoms with Crippen LogP contribution in [0.2, 0.25) is 0 Å². The summed E-state index contributed by atoms with van der Waals surface area (Å²) in [4.78, 5) is 12.9. The van der Waals surface area contributed by atoms with Crippen LogP contribution in [0.1, 0.15) is 36.5 Å². The Balaban J connectivity index is 2.03. The van der Waals surface area contributed by atoms with Crippen molar-refractivity contribution in [3.63, 3.8) is 0 Å². The minimum absolute atomic E-state index is 0.0364. The Bertz CT molecular complexity index is 1250. The monoisotopic (exact) mass is 413 g/mol. The summed E-state index contributed by atoms with van der Waals surface area (Å²) in [6.07, 6.45) is 2.25. The number of sulfone groups is 1. The Morgan fingerprint density at radius 3 is 2.38 bits per heavy atom. The molecule has 3 aromatic rings. The maximum Gasteiger partial charge on any atom is 0.285 e. The lowest BCUT2D eigenvalue weighted by molar-refractivity contribution is 0.580. The Labute approximate surface area is 167 Å². The summed E-state index contributed by atoms with van der Waals surface area (Å²) in [5, 5.41) is 25.4. The Hall–Kier alpha value is -3.39. The fraction of sp³-hybridized carbons (Fsp3) is 0.333. The first-order valence-corrected chi connectivity index (χ1v) is 10.8. The quantitative estimate of drug-likeness (QED) is 0.575. The van der Waals surface area contributed by atoms with Gasteiger partial charge in [-0.3, -0.25) is 4.79 Å². The van der Waals surface area contributed by atoms with Gasteiger partial charge in [0.1, 0.15) is 18.2 Å². The second-order valence-corrected chi connectivity index (χ2v) is 8.37. The van der Waals surface area contributed by atoms with Crippen LogP contribution in [0.3, 0.4) is 0 Å². The molecule has 0 unspecified atom stereocenters. The van der Waals surface area contributed by atoms with Gasteiger partial charge in [-0.15, -0.1) is 5.10 Å². The third-order valence-electron chi connectivity index (χ3n) is 4.47. The van der Waals surface area contributed by atoms with E-state index in [1.165, 1.54) is 21.5 Å². The fourth-order valence-corrected chi connectivity index (χ4v) is 3.65. The maximum atomic E-state index is 12.7. The molecule has 29 heavy (non-hydrogen) atoms. The van der Waals surface area contributed by atoms with Crippen LogP contribution in [0.5, 0.6) is 0 Å². The van der Waals surface area contributed by atoms with Gasteiger partial charge in [0.25, 0.3) is 5.56 Å². The van der Waals surface area contributed by atoms with Gasteiger partial charge in [-0.25, -0.2) is 13.1 Å². The molecule has 0 aliphatic carbocycles. The van der Waals surface area contributed by atoms with Gasteiger partial charge in [-0.2, -0.15) is 15.0 Å². The third-order valence-corrected chi connectivity index (χ3v) is 5.60. The van der Waals surface area contributed by atoms with Crippen molar-refractivity contribution in [3.8, 4) is 11.8 Å². The molecule has 150 valence electrons. The zero-order valence-corrected chi connectivity index (χ0v) is 17.0. The second kappa shape index (κ2) is 7.92. The first-order valence-electron chi connectivity index (χ1n) is 8.90. The van der Waals surface area contributed by atoms with Crippen molar-refractivity contribution in [2.45, 2.75) is 38.1 Å². The number of hydrogen-bond acceptors (Lipinski definition) is 8. The van der Waals surface area contributed by atoms with Crippen LogP contribution in [0.25, 0.3) is 5.69 Å².